The summed E-state index contributed by atoms with van der Waals surface area (Å²) >= 11 is 1.65. The Morgan fingerprint density at radius 3 is 2.72 bits per heavy atom. The lowest BCUT2D eigenvalue weighted by Crippen LogP contribution is -2.36. The molecule has 0 amide bonds. The van der Waals surface area contributed by atoms with Crippen molar-refractivity contribution in [3.8, 4) is 17.0 Å². The van der Waals surface area contributed by atoms with Gasteiger partial charge >= 0.3 is 0 Å². The molecule has 0 unspecified atom stereocenters. The Labute approximate surface area is 193 Å². The van der Waals surface area contributed by atoms with Gasteiger partial charge in [0.25, 0.3) is 0 Å². The standard InChI is InChI=1S/C24H31N5O2S/c1-30-23-19(5-4-8-25-23)20-16-32-24-21(20)22(26-17-27-24)29-11-6-18(7-12-29)15-31-14-13-28-9-2-3-10-28/h4-5,8,16-18H,2-3,6-7,9-15H2,1H3. The largest absolute Gasteiger partial charge is 0.481 e. The van der Waals surface area contributed by atoms with Crippen LogP contribution in [0.1, 0.15) is 25.7 Å². The van der Waals surface area contributed by atoms with E-state index in [2.05, 4.69) is 31.2 Å². The predicted molar refractivity (Wildman–Crippen MR) is 129 cm³/mol. The van der Waals surface area contributed by atoms with E-state index in [-0.39, 0.29) is 0 Å². The zero-order valence-electron chi connectivity index (χ0n) is 18.7. The van der Waals surface area contributed by atoms with Crippen molar-refractivity contribution in [2.45, 2.75) is 25.7 Å². The molecule has 5 rings (SSSR count). The van der Waals surface area contributed by atoms with Gasteiger partial charge in [0.15, 0.2) is 0 Å². The first-order chi connectivity index (χ1) is 15.8. The predicted octanol–water partition coefficient (Wildman–Crippen LogP) is 4.09. The fourth-order valence-electron chi connectivity index (χ4n) is 4.82. The fraction of sp³-hybridized carbons (Fsp3) is 0.542. The normalized spacial score (nSPS) is 18.0. The number of likely N-dealkylation sites (tertiary alicyclic amines) is 1. The van der Waals surface area contributed by atoms with Gasteiger partial charge in [0.05, 0.1) is 19.1 Å². The van der Waals surface area contributed by atoms with Gasteiger partial charge in [-0.1, -0.05) is 0 Å². The molecule has 0 radical (unpaired) electrons. The molecule has 2 aliphatic heterocycles. The van der Waals surface area contributed by atoms with E-state index in [9.17, 15) is 0 Å². The molecule has 5 heterocycles. The van der Waals surface area contributed by atoms with Crippen molar-refractivity contribution in [2.24, 2.45) is 5.92 Å². The van der Waals surface area contributed by atoms with Gasteiger partial charge in [0.1, 0.15) is 17.0 Å². The minimum atomic E-state index is 0.627. The third kappa shape index (κ3) is 4.58. The van der Waals surface area contributed by atoms with Crippen LogP contribution in [-0.4, -0.2) is 72.9 Å². The summed E-state index contributed by atoms with van der Waals surface area (Å²) in [5, 5.41) is 3.24. The van der Waals surface area contributed by atoms with Crippen LogP contribution in [0, 0.1) is 5.92 Å². The molecule has 2 fully saturated rings. The number of hydrogen-bond donors (Lipinski definition) is 0. The lowest BCUT2D eigenvalue weighted by atomic mass is 9.97. The van der Waals surface area contributed by atoms with E-state index in [1.54, 1.807) is 31.0 Å². The molecule has 2 saturated heterocycles. The van der Waals surface area contributed by atoms with Gasteiger partial charge in [-0.25, -0.2) is 15.0 Å². The second kappa shape index (κ2) is 10.1. The molecule has 8 heteroatoms. The van der Waals surface area contributed by atoms with Gasteiger partial charge in [-0.15, -0.1) is 11.3 Å². The Morgan fingerprint density at radius 2 is 1.91 bits per heavy atom. The minimum absolute atomic E-state index is 0.627. The third-order valence-electron chi connectivity index (χ3n) is 6.62. The lowest BCUT2D eigenvalue weighted by Gasteiger charge is -2.33. The maximum Gasteiger partial charge on any atom is 0.221 e. The Morgan fingerprint density at radius 1 is 1.06 bits per heavy atom. The van der Waals surface area contributed by atoms with Crippen molar-refractivity contribution in [2.75, 3.05) is 57.9 Å². The topological polar surface area (TPSA) is 63.6 Å². The molecule has 0 atom stereocenters. The highest BCUT2D eigenvalue weighted by Gasteiger charge is 2.24. The molecule has 3 aromatic heterocycles. The molecule has 0 aliphatic carbocycles. The van der Waals surface area contributed by atoms with Gasteiger partial charge in [0.2, 0.25) is 5.88 Å². The second-order valence-electron chi connectivity index (χ2n) is 8.64. The molecule has 0 saturated carbocycles. The first-order valence-electron chi connectivity index (χ1n) is 11.6. The molecule has 0 bridgehead atoms. The number of thiophene rings is 1. The van der Waals surface area contributed by atoms with Crippen LogP contribution < -0.4 is 9.64 Å². The third-order valence-corrected chi connectivity index (χ3v) is 7.51. The number of rotatable bonds is 8. The molecule has 3 aromatic rings. The number of anilines is 1. The number of piperidine rings is 1. The number of methoxy groups -OCH3 is 1. The van der Waals surface area contributed by atoms with Gasteiger partial charge < -0.3 is 19.3 Å². The molecule has 7 nitrogen and oxygen atoms in total. The average Bonchev–Trinajstić information content (AvgIpc) is 3.52. The molecule has 0 N–H and O–H groups in total. The zero-order valence-corrected chi connectivity index (χ0v) is 19.5. The number of hydrogen-bond acceptors (Lipinski definition) is 8. The van der Waals surface area contributed by atoms with E-state index in [0.717, 1.165) is 72.9 Å². The van der Waals surface area contributed by atoms with Crippen LogP contribution in [0.5, 0.6) is 5.88 Å². The first-order valence-corrected chi connectivity index (χ1v) is 12.5. The van der Waals surface area contributed by atoms with Crippen molar-refractivity contribution >= 4 is 27.4 Å². The monoisotopic (exact) mass is 453 g/mol. The molecule has 0 aromatic carbocycles. The van der Waals surface area contributed by atoms with Gasteiger partial charge in [-0.2, -0.15) is 0 Å². The van der Waals surface area contributed by atoms with Crippen LogP contribution in [0.4, 0.5) is 5.82 Å². The molecule has 2 aliphatic rings. The SMILES string of the molecule is COc1ncccc1-c1csc2ncnc(N3CCC(COCCN4CCCC4)CC3)c12. The number of nitrogens with zero attached hydrogens (tertiary/aromatic N) is 5. The van der Waals surface area contributed by atoms with Crippen molar-refractivity contribution < 1.29 is 9.47 Å². The Hall–Kier alpha value is -2.29. The smallest absolute Gasteiger partial charge is 0.221 e. The van der Waals surface area contributed by atoms with E-state index < -0.39 is 0 Å². The summed E-state index contributed by atoms with van der Waals surface area (Å²) in [5.74, 6) is 2.28. The van der Waals surface area contributed by atoms with E-state index in [0.29, 0.717) is 11.8 Å². The fourth-order valence-corrected chi connectivity index (χ4v) is 5.72. The minimum Gasteiger partial charge on any atom is -0.481 e. The molecular weight excluding hydrogens is 422 g/mol. The van der Waals surface area contributed by atoms with Gasteiger partial charge in [0, 0.05) is 48.9 Å². The average molecular weight is 454 g/mol. The van der Waals surface area contributed by atoms with E-state index in [4.69, 9.17) is 14.5 Å². The second-order valence-corrected chi connectivity index (χ2v) is 9.50. The van der Waals surface area contributed by atoms with Crippen LogP contribution in [0.25, 0.3) is 21.3 Å². The Bertz CT molecular complexity index is 1030. The van der Waals surface area contributed by atoms with Crippen LogP contribution in [-0.2, 0) is 4.74 Å². The van der Waals surface area contributed by atoms with E-state index in [1.807, 2.05) is 6.07 Å². The van der Waals surface area contributed by atoms with Gasteiger partial charge in [-0.05, 0) is 56.8 Å². The molecule has 0 spiro atoms. The van der Waals surface area contributed by atoms with Crippen molar-refractivity contribution in [3.63, 3.8) is 0 Å². The highest BCUT2D eigenvalue weighted by molar-refractivity contribution is 7.17. The summed E-state index contributed by atoms with van der Waals surface area (Å²) < 4.78 is 11.6. The van der Waals surface area contributed by atoms with Crippen LogP contribution in [0.2, 0.25) is 0 Å². The summed E-state index contributed by atoms with van der Waals surface area (Å²) in [4.78, 5) is 19.5. The van der Waals surface area contributed by atoms with Crippen LogP contribution in [0.15, 0.2) is 30.0 Å². The zero-order chi connectivity index (χ0) is 21.8. The summed E-state index contributed by atoms with van der Waals surface area (Å²) in [5.41, 5.74) is 2.08. The quantitative estimate of drug-likeness (QED) is 0.476. The number of fused-ring (bicyclic) bond motifs is 1. The van der Waals surface area contributed by atoms with Crippen molar-refractivity contribution in [1.29, 1.82) is 0 Å². The summed E-state index contributed by atoms with van der Waals surface area (Å²) in [6, 6.07) is 4.00. The summed E-state index contributed by atoms with van der Waals surface area (Å²) in [6.07, 6.45) is 8.39. The van der Waals surface area contributed by atoms with Crippen molar-refractivity contribution in [1.82, 2.24) is 19.9 Å². The number of aromatic nitrogens is 3. The molecule has 170 valence electrons. The lowest BCUT2D eigenvalue weighted by molar-refractivity contribution is 0.0753. The number of pyridine rings is 1. The molecular formula is C24H31N5O2S. The van der Waals surface area contributed by atoms with E-state index in [1.165, 1.54) is 25.9 Å². The summed E-state index contributed by atoms with van der Waals surface area (Å²) in [6.45, 7) is 7.28. The van der Waals surface area contributed by atoms with Gasteiger partial charge in [-0.3, -0.25) is 0 Å². The van der Waals surface area contributed by atoms with Crippen LogP contribution >= 0.6 is 11.3 Å². The van der Waals surface area contributed by atoms with E-state index >= 15 is 0 Å². The van der Waals surface area contributed by atoms with Crippen LogP contribution in [0.3, 0.4) is 0 Å². The molecule has 32 heavy (non-hydrogen) atoms. The first kappa shape index (κ1) is 21.6. The van der Waals surface area contributed by atoms with Crippen molar-refractivity contribution in [3.05, 3.63) is 30.0 Å². The maximum atomic E-state index is 6.03. The Balaban J connectivity index is 1.25. The summed E-state index contributed by atoms with van der Waals surface area (Å²) in [7, 11) is 1.66. The number of ether oxygens (including phenoxy) is 2. The highest BCUT2D eigenvalue weighted by Crippen LogP contribution is 2.41. The maximum absolute atomic E-state index is 6.03. The highest BCUT2D eigenvalue weighted by atomic mass is 32.1. The Kier molecular flexibility index (Phi) is 6.80.